The van der Waals surface area contributed by atoms with Crippen molar-refractivity contribution < 1.29 is 32.6 Å². The van der Waals surface area contributed by atoms with Crippen LogP contribution in [0.25, 0.3) is 0 Å². The highest BCUT2D eigenvalue weighted by atomic mass is 35.5. The van der Waals surface area contributed by atoms with Gasteiger partial charge in [0.15, 0.2) is 5.82 Å². The first-order chi connectivity index (χ1) is 13.7. The highest BCUT2D eigenvalue weighted by Crippen LogP contribution is 2.53. The summed E-state index contributed by atoms with van der Waals surface area (Å²) in [5.41, 5.74) is -3.43. The third kappa shape index (κ3) is 4.51. The van der Waals surface area contributed by atoms with Crippen molar-refractivity contribution in [1.82, 2.24) is 0 Å². The van der Waals surface area contributed by atoms with Gasteiger partial charge in [0.2, 0.25) is 0 Å². The second kappa shape index (κ2) is 8.03. The van der Waals surface area contributed by atoms with E-state index >= 15 is 4.39 Å². The number of carbonyl (C=O) groups is 2. The van der Waals surface area contributed by atoms with Gasteiger partial charge in [-0.25, -0.2) is 9.18 Å². The zero-order valence-corrected chi connectivity index (χ0v) is 17.8. The summed E-state index contributed by atoms with van der Waals surface area (Å²) in [6, 6.07) is 1.91. The van der Waals surface area contributed by atoms with Crippen molar-refractivity contribution in [3.8, 4) is 18.1 Å². The summed E-state index contributed by atoms with van der Waals surface area (Å²) in [6.07, 6.45) is 5.94. The maximum Gasteiger partial charge on any atom is 0.387 e. The SMILES string of the molecule is C#CC(=O)N(c1ccc(OC(F)F)c(Cl)c1F)C1(C(=O)O)CC(C)(C)CC(C)(C)C1. The van der Waals surface area contributed by atoms with Crippen LogP contribution in [0.3, 0.4) is 0 Å². The summed E-state index contributed by atoms with van der Waals surface area (Å²) < 4.78 is 44.3. The van der Waals surface area contributed by atoms with Gasteiger partial charge in [0, 0.05) is 0 Å². The number of amides is 1. The Morgan fingerprint density at radius 2 is 1.73 bits per heavy atom. The molecule has 0 aromatic heterocycles. The molecule has 1 saturated carbocycles. The Bertz CT molecular complexity index is 892. The van der Waals surface area contributed by atoms with Crippen molar-refractivity contribution in [3.05, 3.63) is 23.0 Å². The highest BCUT2D eigenvalue weighted by Gasteiger charge is 2.57. The average Bonchev–Trinajstić information content (AvgIpc) is 2.57. The van der Waals surface area contributed by atoms with E-state index in [0.717, 1.165) is 12.1 Å². The minimum absolute atomic E-state index is 0.00146. The van der Waals surface area contributed by atoms with Crippen molar-refractivity contribution in [2.45, 2.75) is 59.1 Å². The summed E-state index contributed by atoms with van der Waals surface area (Å²) in [5.74, 6) is -2.50. The number of carboxylic acid groups (broad SMARTS) is 1. The van der Waals surface area contributed by atoms with Crippen LogP contribution in [-0.2, 0) is 9.59 Å². The number of anilines is 1. The minimum atomic E-state index is -3.25. The van der Waals surface area contributed by atoms with Gasteiger partial charge in [0.05, 0.1) is 5.69 Å². The van der Waals surface area contributed by atoms with E-state index in [0.29, 0.717) is 11.3 Å². The largest absolute Gasteiger partial charge is 0.479 e. The highest BCUT2D eigenvalue weighted by molar-refractivity contribution is 6.32. The summed E-state index contributed by atoms with van der Waals surface area (Å²) in [7, 11) is 0. The standard InChI is InChI=1S/C21H23ClF3NO4/c1-6-14(27)26(12-7-8-13(30-18(24)25)15(22)16(12)23)21(17(28)29)10-19(2,3)9-20(4,5)11-21/h1,7-8,18H,9-11H2,2-5H3,(H,28,29). The van der Waals surface area contributed by atoms with Crippen LogP contribution in [0.15, 0.2) is 12.1 Å². The fraction of sp³-hybridized carbons (Fsp3) is 0.524. The fourth-order valence-electron chi connectivity index (χ4n) is 4.95. The van der Waals surface area contributed by atoms with Crippen LogP contribution in [0, 0.1) is 29.0 Å². The van der Waals surface area contributed by atoms with Gasteiger partial charge in [-0.2, -0.15) is 8.78 Å². The zero-order valence-electron chi connectivity index (χ0n) is 17.1. The van der Waals surface area contributed by atoms with Gasteiger partial charge in [-0.15, -0.1) is 6.42 Å². The minimum Gasteiger partial charge on any atom is -0.479 e. The Balaban J connectivity index is 2.76. The number of hydrogen-bond donors (Lipinski definition) is 1. The Kier molecular flexibility index (Phi) is 6.39. The Morgan fingerprint density at radius 3 is 2.17 bits per heavy atom. The molecule has 0 saturated heterocycles. The van der Waals surface area contributed by atoms with E-state index in [9.17, 15) is 23.5 Å². The van der Waals surface area contributed by atoms with Crippen molar-refractivity contribution in [1.29, 1.82) is 0 Å². The Morgan fingerprint density at radius 1 is 1.20 bits per heavy atom. The van der Waals surface area contributed by atoms with Crippen molar-refractivity contribution in [2.24, 2.45) is 10.8 Å². The maximum atomic E-state index is 15.1. The smallest absolute Gasteiger partial charge is 0.387 e. The third-order valence-electron chi connectivity index (χ3n) is 5.14. The summed E-state index contributed by atoms with van der Waals surface area (Å²) in [5, 5.41) is 9.41. The molecule has 0 radical (unpaired) electrons. The Labute approximate surface area is 178 Å². The average molecular weight is 446 g/mol. The number of halogens is 4. The molecule has 5 nitrogen and oxygen atoms in total. The molecule has 164 valence electrons. The van der Waals surface area contributed by atoms with Crippen molar-refractivity contribution in [2.75, 3.05) is 4.90 Å². The van der Waals surface area contributed by atoms with Crippen molar-refractivity contribution >= 4 is 29.2 Å². The van der Waals surface area contributed by atoms with Gasteiger partial charge in [0.25, 0.3) is 0 Å². The molecule has 1 fully saturated rings. The molecule has 1 amide bonds. The molecule has 30 heavy (non-hydrogen) atoms. The van der Waals surface area contributed by atoms with E-state index in [1.807, 2.05) is 33.6 Å². The molecule has 1 aliphatic carbocycles. The number of benzene rings is 1. The number of ether oxygens (including phenoxy) is 1. The van der Waals surface area contributed by atoms with E-state index in [-0.39, 0.29) is 12.8 Å². The lowest BCUT2D eigenvalue weighted by Crippen LogP contribution is -2.63. The van der Waals surface area contributed by atoms with Crippen LogP contribution >= 0.6 is 11.6 Å². The van der Waals surface area contributed by atoms with E-state index in [2.05, 4.69) is 4.74 Å². The lowest BCUT2D eigenvalue weighted by molar-refractivity contribution is -0.150. The van der Waals surface area contributed by atoms with Gasteiger partial charge >= 0.3 is 18.5 Å². The van der Waals surface area contributed by atoms with Crippen LogP contribution in [-0.4, -0.2) is 29.1 Å². The molecule has 0 heterocycles. The molecule has 1 aromatic carbocycles. The molecule has 9 heteroatoms. The fourth-order valence-corrected chi connectivity index (χ4v) is 5.16. The number of carboxylic acids is 1. The quantitative estimate of drug-likeness (QED) is 0.640. The first-order valence-corrected chi connectivity index (χ1v) is 9.51. The normalized spacial score (nSPS) is 19.1. The van der Waals surface area contributed by atoms with Gasteiger partial charge in [-0.1, -0.05) is 39.3 Å². The van der Waals surface area contributed by atoms with Crippen LogP contribution in [0.2, 0.25) is 5.02 Å². The lowest BCUT2D eigenvalue weighted by atomic mass is 9.57. The lowest BCUT2D eigenvalue weighted by Gasteiger charge is -2.53. The second-order valence-corrected chi connectivity index (χ2v) is 9.45. The molecule has 1 aromatic rings. The molecule has 1 aliphatic rings. The zero-order chi connectivity index (χ0) is 23.1. The third-order valence-corrected chi connectivity index (χ3v) is 5.49. The maximum absolute atomic E-state index is 15.1. The molecule has 0 atom stereocenters. The second-order valence-electron chi connectivity index (χ2n) is 9.07. The predicted molar refractivity (Wildman–Crippen MR) is 106 cm³/mol. The molecule has 0 unspecified atom stereocenters. The topological polar surface area (TPSA) is 66.8 Å². The van der Waals surface area contributed by atoms with Crippen LogP contribution < -0.4 is 9.64 Å². The molecule has 0 spiro atoms. The first kappa shape index (κ1) is 23.9. The number of aliphatic carboxylic acids is 1. The molecule has 1 N–H and O–H groups in total. The number of rotatable bonds is 5. The first-order valence-electron chi connectivity index (χ1n) is 9.13. The van der Waals surface area contributed by atoms with Gasteiger partial charge < -0.3 is 9.84 Å². The van der Waals surface area contributed by atoms with E-state index in [1.165, 1.54) is 0 Å². The number of hydrogen-bond acceptors (Lipinski definition) is 3. The van der Waals surface area contributed by atoms with Gasteiger partial charge in [-0.05, 0) is 48.1 Å². The van der Waals surface area contributed by atoms with E-state index in [1.54, 1.807) is 0 Å². The van der Waals surface area contributed by atoms with E-state index in [4.69, 9.17) is 18.0 Å². The Hall–Kier alpha value is -2.40. The van der Waals surface area contributed by atoms with E-state index < -0.39 is 57.1 Å². The molecular formula is C21H23ClF3NO4. The number of nitrogens with zero attached hydrogens (tertiary/aromatic N) is 1. The molecular weight excluding hydrogens is 423 g/mol. The van der Waals surface area contributed by atoms with Crippen LogP contribution in [0.4, 0.5) is 18.9 Å². The number of terminal acetylenes is 1. The van der Waals surface area contributed by atoms with Crippen molar-refractivity contribution in [3.63, 3.8) is 0 Å². The monoisotopic (exact) mass is 445 g/mol. The van der Waals surface area contributed by atoms with Gasteiger partial charge in [-0.3, -0.25) is 9.69 Å². The van der Waals surface area contributed by atoms with Crippen LogP contribution in [0.1, 0.15) is 47.0 Å². The summed E-state index contributed by atoms with van der Waals surface area (Å²) >= 11 is 5.84. The van der Waals surface area contributed by atoms with Crippen LogP contribution in [0.5, 0.6) is 5.75 Å². The van der Waals surface area contributed by atoms with Gasteiger partial charge in [0.1, 0.15) is 16.3 Å². The molecule has 0 aliphatic heterocycles. The molecule has 2 rings (SSSR count). The number of alkyl halides is 2. The molecule has 0 bridgehead atoms. The summed E-state index contributed by atoms with van der Waals surface area (Å²) in [6.45, 7) is 4.17. The number of carbonyl (C=O) groups excluding carboxylic acids is 1. The predicted octanol–water partition coefficient (Wildman–Crippen LogP) is 5.11. The summed E-state index contributed by atoms with van der Waals surface area (Å²) in [4.78, 5) is 26.0.